The Labute approximate surface area is 149 Å². The molecule has 3 N–H and O–H groups in total. The molecule has 0 aromatic heterocycles. The largest absolute Gasteiger partial charge is 0.349 e. The maximum atomic E-state index is 13.5. The molecule has 2 aromatic carbocycles. The molecule has 0 aliphatic heterocycles. The highest BCUT2D eigenvalue weighted by Gasteiger charge is 2.29. The van der Waals surface area contributed by atoms with Gasteiger partial charge in [-0.3, -0.25) is 4.79 Å². The van der Waals surface area contributed by atoms with Gasteiger partial charge in [-0.15, -0.1) is 0 Å². The zero-order chi connectivity index (χ0) is 19.5. The maximum Gasteiger partial charge on any atom is 0.237 e. The Morgan fingerprint density at radius 3 is 1.58 bits per heavy atom. The van der Waals surface area contributed by atoms with E-state index in [9.17, 15) is 22.4 Å². The molecule has 1 unspecified atom stereocenters. The van der Waals surface area contributed by atoms with Crippen LogP contribution in [-0.4, -0.2) is 17.5 Å². The standard InChI is InChI=1S/C19H20F4N2O/c1-11(24)18(26)25-19(2,9-12-3-14(20)7-15(21)4-12)10-13-5-16(22)8-17(23)6-13/h3-8,11H,9-10,24H2,1-2H3,(H,25,26). The monoisotopic (exact) mass is 368 g/mol. The van der Waals surface area contributed by atoms with Crippen molar-refractivity contribution in [3.8, 4) is 0 Å². The molecule has 0 aliphatic carbocycles. The predicted molar refractivity (Wildman–Crippen MR) is 90.3 cm³/mol. The lowest BCUT2D eigenvalue weighted by atomic mass is 9.86. The summed E-state index contributed by atoms with van der Waals surface area (Å²) in [6.45, 7) is 3.11. The zero-order valence-electron chi connectivity index (χ0n) is 14.5. The second kappa shape index (κ2) is 7.86. The van der Waals surface area contributed by atoms with Crippen LogP contribution in [0.1, 0.15) is 25.0 Å². The van der Waals surface area contributed by atoms with Crippen LogP contribution in [-0.2, 0) is 17.6 Å². The topological polar surface area (TPSA) is 55.1 Å². The average molecular weight is 368 g/mol. The van der Waals surface area contributed by atoms with Crippen molar-refractivity contribution in [3.05, 3.63) is 70.8 Å². The van der Waals surface area contributed by atoms with Gasteiger partial charge in [-0.1, -0.05) is 0 Å². The molecule has 2 rings (SSSR count). The summed E-state index contributed by atoms with van der Waals surface area (Å²) in [6, 6.07) is 5.24. The summed E-state index contributed by atoms with van der Waals surface area (Å²) in [7, 11) is 0. The molecule has 3 nitrogen and oxygen atoms in total. The molecular formula is C19H20F4N2O. The van der Waals surface area contributed by atoms with Crippen LogP contribution in [0.25, 0.3) is 0 Å². The van der Waals surface area contributed by atoms with Crippen LogP contribution in [0.3, 0.4) is 0 Å². The summed E-state index contributed by atoms with van der Waals surface area (Å²) in [6.07, 6.45) is 0.0799. The number of hydrogen-bond acceptors (Lipinski definition) is 2. The van der Waals surface area contributed by atoms with Crippen LogP contribution < -0.4 is 11.1 Å². The minimum atomic E-state index is -1.06. The number of rotatable bonds is 6. The number of benzene rings is 2. The van der Waals surface area contributed by atoms with Crippen molar-refractivity contribution in [2.24, 2.45) is 5.73 Å². The molecule has 0 heterocycles. The minimum absolute atomic E-state index is 0.0400. The predicted octanol–water partition coefficient (Wildman–Crippen LogP) is 3.25. The first kappa shape index (κ1) is 19.9. The van der Waals surface area contributed by atoms with Gasteiger partial charge in [0, 0.05) is 17.7 Å². The second-order valence-corrected chi connectivity index (χ2v) is 6.75. The van der Waals surface area contributed by atoms with Gasteiger partial charge in [-0.2, -0.15) is 0 Å². The van der Waals surface area contributed by atoms with Crippen LogP contribution in [0.5, 0.6) is 0 Å². The van der Waals surface area contributed by atoms with Crippen molar-refractivity contribution < 1.29 is 22.4 Å². The quantitative estimate of drug-likeness (QED) is 0.769. The molecule has 140 valence electrons. The van der Waals surface area contributed by atoms with E-state index in [-0.39, 0.29) is 12.8 Å². The Morgan fingerprint density at radius 1 is 0.923 bits per heavy atom. The number of carbonyl (C=O) groups excluding carboxylic acids is 1. The van der Waals surface area contributed by atoms with E-state index in [2.05, 4.69) is 5.32 Å². The first-order chi connectivity index (χ1) is 12.1. The SMILES string of the molecule is CC(N)C(=O)NC(C)(Cc1cc(F)cc(F)c1)Cc1cc(F)cc(F)c1. The van der Waals surface area contributed by atoms with Crippen LogP contribution in [0.2, 0.25) is 0 Å². The van der Waals surface area contributed by atoms with Gasteiger partial charge in [0.05, 0.1) is 6.04 Å². The van der Waals surface area contributed by atoms with Gasteiger partial charge >= 0.3 is 0 Å². The molecule has 1 atom stereocenters. The van der Waals surface area contributed by atoms with E-state index in [1.165, 1.54) is 6.92 Å². The lowest BCUT2D eigenvalue weighted by Gasteiger charge is -2.32. The Bertz CT molecular complexity index is 714. The molecule has 26 heavy (non-hydrogen) atoms. The van der Waals surface area contributed by atoms with Gasteiger partial charge in [-0.25, -0.2) is 17.6 Å². The second-order valence-electron chi connectivity index (χ2n) is 6.75. The van der Waals surface area contributed by atoms with Crippen molar-refractivity contribution in [2.45, 2.75) is 38.3 Å². The van der Waals surface area contributed by atoms with Gasteiger partial charge in [0.25, 0.3) is 0 Å². The van der Waals surface area contributed by atoms with Crippen molar-refractivity contribution >= 4 is 5.91 Å². The summed E-state index contributed by atoms with van der Waals surface area (Å²) in [5.74, 6) is -3.49. The van der Waals surface area contributed by atoms with Crippen molar-refractivity contribution in [2.75, 3.05) is 0 Å². The van der Waals surface area contributed by atoms with Crippen LogP contribution in [0, 0.1) is 23.3 Å². The molecule has 0 radical (unpaired) electrons. The number of amides is 1. The van der Waals surface area contributed by atoms with E-state index in [0.29, 0.717) is 11.1 Å². The summed E-state index contributed by atoms with van der Waals surface area (Å²) in [4.78, 5) is 12.1. The van der Waals surface area contributed by atoms with Crippen molar-refractivity contribution in [1.29, 1.82) is 0 Å². The van der Waals surface area contributed by atoms with E-state index < -0.39 is 40.8 Å². The molecule has 0 bridgehead atoms. The average Bonchev–Trinajstić information content (AvgIpc) is 2.43. The smallest absolute Gasteiger partial charge is 0.237 e. The summed E-state index contributed by atoms with van der Waals surface area (Å²) < 4.78 is 53.9. The van der Waals surface area contributed by atoms with Crippen molar-refractivity contribution in [3.63, 3.8) is 0 Å². The van der Waals surface area contributed by atoms with Crippen LogP contribution >= 0.6 is 0 Å². The molecule has 0 fully saturated rings. The third-order valence-corrected chi connectivity index (χ3v) is 3.87. The molecule has 0 aliphatic rings. The van der Waals surface area contributed by atoms with E-state index in [1.54, 1.807) is 6.92 Å². The molecule has 0 spiro atoms. The lowest BCUT2D eigenvalue weighted by molar-refractivity contribution is -0.123. The number of hydrogen-bond donors (Lipinski definition) is 2. The minimum Gasteiger partial charge on any atom is -0.349 e. The summed E-state index contributed by atoms with van der Waals surface area (Å²) in [5.41, 5.74) is 5.11. The first-order valence-electron chi connectivity index (χ1n) is 8.04. The van der Waals surface area contributed by atoms with Gasteiger partial charge < -0.3 is 11.1 Å². The highest BCUT2D eigenvalue weighted by molar-refractivity contribution is 5.81. The highest BCUT2D eigenvalue weighted by atomic mass is 19.1. The third-order valence-electron chi connectivity index (χ3n) is 3.87. The Morgan fingerprint density at radius 2 is 1.27 bits per heavy atom. The van der Waals surface area contributed by atoms with Gasteiger partial charge in [-0.05, 0) is 62.1 Å². The number of carbonyl (C=O) groups is 1. The van der Waals surface area contributed by atoms with Crippen LogP contribution in [0.15, 0.2) is 36.4 Å². The third kappa shape index (κ3) is 5.56. The molecule has 1 amide bonds. The van der Waals surface area contributed by atoms with Gasteiger partial charge in [0.15, 0.2) is 0 Å². The lowest BCUT2D eigenvalue weighted by Crippen LogP contribution is -2.53. The van der Waals surface area contributed by atoms with Crippen LogP contribution in [0.4, 0.5) is 17.6 Å². The van der Waals surface area contributed by atoms with E-state index >= 15 is 0 Å². The fourth-order valence-electron chi connectivity index (χ4n) is 2.89. The van der Waals surface area contributed by atoms with E-state index in [4.69, 9.17) is 5.73 Å². The number of nitrogens with two attached hydrogens (primary N) is 1. The number of halogens is 4. The molecule has 0 saturated carbocycles. The number of nitrogens with one attached hydrogen (secondary N) is 1. The first-order valence-corrected chi connectivity index (χ1v) is 8.04. The normalized spacial score (nSPS) is 12.7. The zero-order valence-corrected chi connectivity index (χ0v) is 14.5. The summed E-state index contributed by atoms with van der Waals surface area (Å²) in [5, 5.41) is 2.71. The summed E-state index contributed by atoms with van der Waals surface area (Å²) >= 11 is 0. The fourth-order valence-corrected chi connectivity index (χ4v) is 2.89. The van der Waals surface area contributed by atoms with Crippen molar-refractivity contribution in [1.82, 2.24) is 5.32 Å². The Kier molecular flexibility index (Phi) is 6.02. The van der Waals surface area contributed by atoms with E-state index in [0.717, 1.165) is 36.4 Å². The molecule has 0 saturated heterocycles. The molecule has 2 aromatic rings. The molecule has 7 heteroatoms. The molecular weight excluding hydrogens is 348 g/mol. The van der Waals surface area contributed by atoms with Gasteiger partial charge in [0.2, 0.25) is 5.91 Å². The highest BCUT2D eigenvalue weighted by Crippen LogP contribution is 2.22. The maximum absolute atomic E-state index is 13.5. The fraction of sp³-hybridized carbons (Fsp3) is 0.316. The van der Waals surface area contributed by atoms with Gasteiger partial charge in [0.1, 0.15) is 23.3 Å². The Hall–Kier alpha value is -2.41. The Balaban J connectivity index is 2.35. The van der Waals surface area contributed by atoms with E-state index in [1.807, 2.05) is 0 Å².